The number of nitrogens with zero attached hydrogens (tertiary/aromatic N) is 1. The average Bonchev–Trinajstić information content (AvgIpc) is 2.27. The van der Waals surface area contributed by atoms with Gasteiger partial charge in [0.25, 0.3) is 0 Å². The van der Waals surface area contributed by atoms with E-state index >= 15 is 0 Å². The maximum atomic E-state index is 11.2. The molecular weight excluding hydrogens is 357 g/mol. The van der Waals surface area contributed by atoms with Crippen LogP contribution in [0.15, 0.2) is 4.99 Å². The molecule has 0 aliphatic rings. The second kappa shape index (κ2) is 13.9. The fourth-order valence-electron chi connectivity index (χ4n) is 1.41. The van der Waals surface area contributed by atoms with Crippen molar-refractivity contribution in [3.63, 3.8) is 0 Å². The Morgan fingerprint density at radius 2 is 2.00 bits per heavy atom. The molecule has 0 heterocycles. The van der Waals surface area contributed by atoms with Gasteiger partial charge in [-0.15, -0.1) is 24.0 Å². The lowest BCUT2D eigenvalue weighted by Gasteiger charge is -2.08. The van der Waals surface area contributed by atoms with Crippen LogP contribution in [0.4, 0.5) is 0 Å². The van der Waals surface area contributed by atoms with Gasteiger partial charge in [-0.3, -0.25) is 9.79 Å². The molecule has 19 heavy (non-hydrogen) atoms. The van der Waals surface area contributed by atoms with Crippen LogP contribution in [0.5, 0.6) is 0 Å². The van der Waals surface area contributed by atoms with Gasteiger partial charge < -0.3 is 15.8 Å². The summed E-state index contributed by atoms with van der Waals surface area (Å²) in [7, 11) is 0. The van der Waals surface area contributed by atoms with E-state index < -0.39 is 0 Å². The van der Waals surface area contributed by atoms with Crippen molar-refractivity contribution in [2.24, 2.45) is 10.7 Å². The molecule has 0 radical (unpaired) electrons. The molecule has 3 N–H and O–H groups in total. The quantitative estimate of drug-likeness (QED) is 0.210. The van der Waals surface area contributed by atoms with E-state index in [1.54, 1.807) is 0 Å². The van der Waals surface area contributed by atoms with E-state index in [0.717, 1.165) is 13.0 Å². The first-order valence-corrected chi connectivity index (χ1v) is 6.79. The molecule has 0 saturated heterocycles. The van der Waals surface area contributed by atoms with Crippen LogP contribution in [0.3, 0.4) is 0 Å². The lowest BCUT2D eigenvalue weighted by atomic mass is 10.2. The molecule has 0 atom stereocenters. The maximum absolute atomic E-state index is 11.2. The van der Waals surface area contributed by atoms with Gasteiger partial charge in [0.05, 0.1) is 12.5 Å². The van der Waals surface area contributed by atoms with Crippen molar-refractivity contribution in [1.82, 2.24) is 5.32 Å². The third-order valence-electron chi connectivity index (χ3n) is 2.30. The second-order valence-corrected chi connectivity index (χ2v) is 4.54. The van der Waals surface area contributed by atoms with Crippen LogP contribution in [-0.4, -0.2) is 31.1 Å². The van der Waals surface area contributed by atoms with Crippen LogP contribution in [-0.2, 0) is 9.53 Å². The number of carbonyl (C=O) groups excluding carboxylic acids is 1. The Bertz CT molecular complexity index is 258. The van der Waals surface area contributed by atoms with Crippen LogP contribution >= 0.6 is 24.0 Å². The number of hydrogen-bond donors (Lipinski definition) is 2. The largest absolute Gasteiger partial charge is 0.463 e. The lowest BCUT2D eigenvalue weighted by molar-refractivity contribution is -0.147. The highest BCUT2D eigenvalue weighted by atomic mass is 127. The maximum Gasteiger partial charge on any atom is 0.307 e. The van der Waals surface area contributed by atoms with Gasteiger partial charge in [-0.25, -0.2) is 0 Å². The van der Waals surface area contributed by atoms with E-state index in [0.29, 0.717) is 18.9 Å². The van der Waals surface area contributed by atoms with Gasteiger partial charge in [-0.05, 0) is 20.3 Å². The van der Waals surface area contributed by atoms with Gasteiger partial charge in [-0.2, -0.15) is 0 Å². The van der Waals surface area contributed by atoms with Crippen molar-refractivity contribution in [3.8, 4) is 0 Å². The molecule has 5 nitrogen and oxygen atoms in total. The van der Waals surface area contributed by atoms with E-state index in [1.807, 2.05) is 13.8 Å². The standard InChI is InChI=1S/C13H27N3O2.HI/c1-4-5-6-7-9-15-13(14)16-10-8-12(17)18-11(2)3;/h11H,4-10H2,1-3H3,(H3,14,15,16);1H. The molecule has 0 amide bonds. The van der Waals surface area contributed by atoms with Crippen LogP contribution in [0.25, 0.3) is 0 Å². The topological polar surface area (TPSA) is 76.7 Å². The number of hydrogen-bond acceptors (Lipinski definition) is 3. The predicted octanol–water partition coefficient (Wildman–Crippen LogP) is 2.43. The van der Waals surface area contributed by atoms with Gasteiger partial charge in [-0.1, -0.05) is 26.2 Å². The highest BCUT2D eigenvalue weighted by Crippen LogP contribution is 1.98. The zero-order valence-electron chi connectivity index (χ0n) is 12.3. The van der Waals surface area contributed by atoms with Crippen LogP contribution in [0.1, 0.15) is 52.9 Å². The van der Waals surface area contributed by atoms with Crippen molar-refractivity contribution in [2.75, 3.05) is 13.1 Å². The summed E-state index contributed by atoms with van der Waals surface area (Å²) in [4.78, 5) is 15.4. The first kappa shape index (κ1) is 20.8. The minimum Gasteiger partial charge on any atom is -0.463 e. The third kappa shape index (κ3) is 15.4. The molecule has 0 aliphatic carbocycles. The van der Waals surface area contributed by atoms with Crippen molar-refractivity contribution in [3.05, 3.63) is 0 Å². The minimum absolute atomic E-state index is 0. The summed E-state index contributed by atoms with van der Waals surface area (Å²) < 4.78 is 5.00. The van der Waals surface area contributed by atoms with Gasteiger partial charge in [0.2, 0.25) is 0 Å². The molecule has 0 rings (SSSR count). The van der Waals surface area contributed by atoms with Crippen LogP contribution < -0.4 is 11.1 Å². The van der Waals surface area contributed by atoms with Crippen molar-refractivity contribution in [2.45, 2.75) is 59.0 Å². The number of aliphatic imine (C=N–C) groups is 1. The minimum atomic E-state index is -0.215. The molecule has 114 valence electrons. The predicted molar refractivity (Wildman–Crippen MR) is 89.9 cm³/mol. The molecule has 0 saturated carbocycles. The number of carbonyl (C=O) groups is 1. The molecule has 0 fully saturated rings. The zero-order chi connectivity index (χ0) is 13.8. The second-order valence-electron chi connectivity index (χ2n) is 4.54. The van der Waals surface area contributed by atoms with E-state index in [-0.39, 0.29) is 36.0 Å². The molecule has 6 heteroatoms. The molecule has 0 bridgehead atoms. The van der Waals surface area contributed by atoms with Gasteiger partial charge in [0, 0.05) is 13.1 Å². The molecule has 0 aromatic carbocycles. The number of nitrogens with two attached hydrogens (primary N) is 1. The number of unbranched alkanes of at least 4 members (excludes halogenated alkanes) is 3. The third-order valence-corrected chi connectivity index (χ3v) is 2.30. The van der Waals surface area contributed by atoms with Crippen LogP contribution in [0, 0.1) is 0 Å². The number of halogens is 1. The van der Waals surface area contributed by atoms with Crippen molar-refractivity contribution < 1.29 is 9.53 Å². The smallest absolute Gasteiger partial charge is 0.307 e. The van der Waals surface area contributed by atoms with E-state index in [9.17, 15) is 4.79 Å². The first-order valence-electron chi connectivity index (χ1n) is 6.79. The number of nitrogens with one attached hydrogen (secondary N) is 1. The SMILES string of the molecule is CCCCCCN=C(N)NCCC(=O)OC(C)C.I. The monoisotopic (exact) mass is 385 g/mol. The molecule has 0 spiro atoms. The molecular formula is C13H28IN3O2. The Morgan fingerprint density at radius 1 is 1.32 bits per heavy atom. The Morgan fingerprint density at radius 3 is 2.58 bits per heavy atom. The Kier molecular flexibility index (Phi) is 15.2. The Balaban J connectivity index is 0. The first-order chi connectivity index (χ1) is 8.56. The van der Waals surface area contributed by atoms with Gasteiger partial charge >= 0.3 is 5.97 Å². The highest BCUT2D eigenvalue weighted by Gasteiger charge is 2.04. The average molecular weight is 385 g/mol. The number of guanidine groups is 1. The molecule has 0 aromatic rings. The van der Waals surface area contributed by atoms with E-state index in [1.165, 1.54) is 19.3 Å². The fraction of sp³-hybridized carbons (Fsp3) is 0.846. The molecule has 0 unspecified atom stereocenters. The summed E-state index contributed by atoms with van der Waals surface area (Å²) in [6.45, 7) is 7.05. The lowest BCUT2D eigenvalue weighted by Crippen LogP contribution is -2.33. The Labute approximate surface area is 133 Å². The summed E-state index contributed by atoms with van der Waals surface area (Å²) in [5, 5.41) is 2.90. The van der Waals surface area contributed by atoms with Gasteiger partial charge in [0.1, 0.15) is 0 Å². The normalized spacial score (nSPS) is 11.1. The summed E-state index contributed by atoms with van der Waals surface area (Å²) in [5.41, 5.74) is 5.66. The summed E-state index contributed by atoms with van der Waals surface area (Å²) >= 11 is 0. The molecule has 0 aromatic heterocycles. The number of ether oxygens (including phenoxy) is 1. The van der Waals surface area contributed by atoms with Crippen molar-refractivity contribution in [1.29, 1.82) is 0 Å². The fourth-order valence-corrected chi connectivity index (χ4v) is 1.41. The van der Waals surface area contributed by atoms with Crippen LogP contribution in [0.2, 0.25) is 0 Å². The van der Waals surface area contributed by atoms with Gasteiger partial charge in [0.15, 0.2) is 5.96 Å². The summed E-state index contributed by atoms with van der Waals surface area (Å²) in [6.07, 6.45) is 4.95. The molecule has 0 aliphatic heterocycles. The van der Waals surface area contributed by atoms with Crippen molar-refractivity contribution >= 4 is 35.9 Å². The summed E-state index contributed by atoms with van der Waals surface area (Å²) in [5.74, 6) is 0.192. The number of rotatable bonds is 9. The van der Waals surface area contributed by atoms with E-state index in [2.05, 4.69) is 17.2 Å². The highest BCUT2D eigenvalue weighted by molar-refractivity contribution is 14.0. The van der Waals surface area contributed by atoms with E-state index in [4.69, 9.17) is 10.5 Å². The Hall–Kier alpha value is -0.530. The summed E-state index contributed by atoms with van der Waals surface area (Å²) in [6, 6.07) is 0. The zero-order valence-corrected chi connectivity index (χ0v) is 14.6. The number of esters is 1.